The van der Waals surface area contributed by atoms with Gasteiger partial charge in [-0.15, -0.1) is 0 Å². The third-order valence-electron chi connectivity index (χ3n) is 12.3. The minimum atomic E-state index is -1.67. The van der Waals surface area contributed by atoms with Crippen molar-refractivity contribution >= 4 is 59.1 Å². The molecule has 0 aliphatic carbocycles. The fourth-order valence-electron chi connectivity index (χ4n) is 8.33. The Morgan fingerprint density at radius 3 is 1.75 bits per heavy atom. The van der Waals surface area contributed by atoms with Crippen molar-refractivity contribution in [2.24, 2.45) is 29.0 Å². The first kappa shape index (κ1) is 62.1. The molecule has 1 aliphatic heterocycles. The number of rotatable bonds is 31. The Morgan fingerprint density at radius 1 is 0.627 bits per heavy atom. The summed E-state index contributed by atoms with van der Waals surface area (Å²) < 4.78 is 0. The minimum absolute atomic E-state index is 0.0248. The van der Waals surface area contributed by atoms with E-state index in [0.29, 0.717) is 30.4 Å². The fraction of sp³-hybridized carbons (Fsp3) is 0.569. The van der Waals surface area contributed by atoms with Crippen LogP contribution in [0.2, 0.25) is 0 Å². The van der Waals surface area contributed by atoms with Crippen LogP contribution in [0.1, 0.15) is 97.1 Å². The first-order valence-corrected chi connectivity index (χ1v) is 25.3. The molecule has 3 rings (SSSR count). The predicted octanol–water partition coefficient (Wildman–Crippen LogP) is -1.92. The summed E-state index contributed by atoms with van der Waals surface area (Å²) in [6, 6.07) is 3.06. The van der Waals surface area contributed by atoms with E-state index < -0.39 is 127 Å². The number of benzene rings is 2. The number of aliphatic carboxylic acids is 1. The summed E-state index contributed by atoms with van der Waals surface area (Å²) in [5, 5.41) is 47.0. The first-order valence-electron chi connectivity index (χ1n) is 25.3. The van der Waals surface area contributed by atoms with Crippen LogP contribution in [-0.2, 0) is 60.8 Å². The van der Waals surface area contributed by atoms with E-state index in [1.165, 1.54) is 24.0 Å². The second-order valence-electron chi connectivity index (χ2n) is 19.7. The van der Waals surface area contributed by atoms with Gasteiger partial charge >= 0.3 is 5.97 Å². The van der Waals surface area contributed by atoms with Gasteiger partial charge in [0.2, 0.25) is 53.2 Å². The average molecular weight is 1050 g/mol. The lowest BCUT2D eigenvalue weighted by Crippen LogP contribution is -2.60. The third-order valence-corrected chi connectivity index (χ3v) is 12.3. The standard InChI is InChI=1S/C51H77N11O13/c1-28(2)22-36(46(69)56-35(14-9-10-20-52)45(68)60-39(51(74)75)26-42(54)65)57-47(70)37(25-31-12-7-6-8-13-31)58-49(72)41-15-11-21-62(41)50(73)38(23-29(3)4)59-43(66)30(5)55-48(71)40(27-63)61-44(67)34(53)24-32-16-18-33(64)19-17-32/h6-8,12-13,16-19,28-30,34-41,63-64H,9-11,14-15,20-27,52-53H2,1-5H3,(H2,54,65)(H,55,71)(H,56,69)(H,57,70)(H,58,72)(H,59,66)(H,60,68)(H,61,67)(H,74,75)/t30-,34-,35-,36-,37-,38-,39-,40-,41-/m0/s1. The van der Waals surface area contributed by atoms with Crippen LogP contribution >= 0.6 is 0 Å². The number of carbonyl (C=O) groups excluding carboxylic acids is 9. The predicted molar refractivity (Wildman–Crippen MR) is 274 cm³/mol. The zero-order chi connectivity index (χ0) is 55.9. The van der Waals surface area contributed by atoms with Crippen molar-refractivity contribution in [3.63, 3.8) is 0 Å². The Morgan fingerprint density at radius 2 is 1.16 bits per heavy atom. The summed E-state index contributed by atoms with van der Waals surface area (Å²) in [5.74, 6) is -8.95. The molecule has 414 valence electrons. The van der Waals surface area contributed by atoms with Gasteiger partial charge in [0.05, 0.1) is 19.1 Å². The number of phenolic OH excluding ortho intramolecular Hbond substituents is 1. The highest BCUT2D eigenvalue weighted by molar-refractivity contribution is 5.98. The lowest BCUT2D eigenvalue weighted by atomic mass is 9.99. The molecular weight excluding hydrogens is 975 g/mol. The topological polar surface area (TPSA) is 397 Å². The van der Waals surface area contributed by atoms with Crippen LogP contribution in [0, 0.1) is 11.8 Å². The molecule has 0 unspecified atom stereocenters. The van der Waals surface area contributed by atoms with E-state index in [9.17, 15) is 63.3 Å². The highest BCUT2D eigenvalue weighted by Crippen LogP contribution is 2.22. The van der Waals surface area contributed by atoms with Crippen molar-refractivity contribution in [2.45, 2.75) is 153 Å². The van der Waals surface area contributed by atoms with Crippen molar-refractivity contribution in [1.29, 1.82) is 0 Å². The van der Waals surface area contributed by atoms with Crippen molar-refractivity contribution in [1.82, 2.24) is 42.1 Å². The van der Waals surface area contributed by atoms with E-state index >= 15 is 0 Å². The number of carboxylic acid groups (broad SMARTS) is 1. The first-order chi connectivity index (χ1) is 35.4. The molecule has 0 radical (unpaired) electrons. The van der Waals surface area contributed by atoms with E-state index in [0.717, 1.165) is 0 Å². The van der Waals surface area contributed by atoms with Gasteiger partial charge in [-0.25, -0.2) is 4.79 Å². The summed E-state index contributed by atoms with van der Waals surface area (Å²) in [5.41, 5.74) is 18.2. The Kier molecular flexibility index (Phi) is 25.6. The third kappa shape index (κ3) is 20.9. The van der Waals surface area contributed by atoms with Gasteiger partial charge in [0.1, 0.15) is 54.1 Å². The van der Waals surface area contributed by atoms with Gasteiger partial charge in [0.25, 0.3) is 0 Å². The zero-order valence-electron chi connectivity index (χ0n) is 43.3. The largest absolute Gasteiger partial charge is 0.508 e. The van der Waals surface area contributed by atoms with E-state index in [4.69, 9.17) is 17.2 Å². The van der Waals surface area contributed by atoms with Gasteiger partial charge in [-0.2, -0.15) is 0 Å². The van der Waals surface area contributed by atoms with Crippen LogP contribution in [0.15, 0.2) is 54.6 Å². The number of unbranched alkanes of at least 4 members (excludes halogenated alkanes) is 1. The van der Waals surface area contributed by atoms with Gasteiger partial charge in [0.15, 0.2) is 0 Å². The molecule has 2 aromatic carbocycles. The van der Waals surface area contributed by atoms with E-state index in [2.05, 4.69) is 37.2 Å². The molecule has 1 fully saturated rings. The number of hydrogen-bond donors (Lipinski definition) is 13. The second-order valence-corrected chi connectivity index (χ2v) is 19.7. The highest BCUT2D eigenvalue weighted by Gasteiger charge is 2.40. The molecule has 0 bridgehead atoms. The summed E-state index contributed by atoms with van der Waals surface area (Å²) in [4.78, 5) is 135. The molecule has 24 nitrogen and oxygen atoms in total. The molecule has 0 spiro atoms. The monoisotopic (exact) mass is 1050 g/mol. The lowest BCUT2D eigenvalue weighted by molar-refractivity contribution is -0.144. The molecule has 0 aromatic heterocycles. The Balaban J connectivity index is 1.79. The number of nitrogens with two attached hydrogens (primary N) is 3. The van der Waals surface area contributed by atoms with Gasteiger partial charge < -0.3 is 74.6 Å². The van der Waals surface area contributed by atoms with Crippen LogP contribution in [0.25, 0.3) is 0 Å². The zero-order valence-corrected chi connectivity index (χ0v) is 43.3. The molecule has 2 aromatic rings. The van der Waals surface area contributed by atoms with Crippen LogP contribution in [-0.4, -0.2) is 153 Å². The van der Waals surface area contributed by atoms with Crippen LogP contribution in [0.5, 0.6) is 5.75 Å². The quantitative estimate of drug-likeness (QED) is 0.0366. The maximum absolute atomic E-state index is 14.4. The molecule has 1 heterocycles. The molecular formula is C51H77N11O13. The number of aliphatic hydroxyl groups is 1. The lowest BCUT2D eigenvalue weighted by Gasteiger charge is -2.31. The number of amides is 9. The van der Waals surface area contributed by atoms with Gasteiger partial charge in [-0.3, -0.25) is 43.2 Å². The van der Waals surface area contributed by atoms with Crippen LogP contribution in [0.3, 0.4) is 0 Å². The summed E-state index contributed by atoms with van der Waals surface area (Å²) >= 11 is 0. The number of nitrogens with zero attached hydrogens (tertiary/aromatic N) is 1. The molecule has 16 N–H and O–H groups in total. The molecule has 9 amide bonds. The van der Waals surface area contributed by atoms with Gasteiger partial charge in [-0.1, -0.05) is 70.2 Å². The molecule has 24 heteroatoms. The fourth-order valence-corrected chi connectivity index (χ4v) is 8.33. The minimum Gasteiger partial charge on any atom is -0.508 e. The molecule has 1 aliphatic rings. The Labute approximate surface area is 436 Å². The number of carbonyl (C=O) groups is 10. The van der Waals surface area contributed by atoms with Crippen LogP contribution in [0.4, 0.5) is 0 Å². The number of phenols is 1. The number of aromatic hydroxyl groups is 1. The highest BCUT2D eigenvalue weighted by atomic mass is 16.4. The average Bonchev–Trinajstić information content (AvgIpc) is 3.85. The summed E-state index contributed by atoms with van der Waals surface area (Å²) in [7, 11) is 0. The number of likely N-dealkylation sites (tertiary alicyclic amines) is 1. The maximum Gasteiger partial charge on any atom is 0.326 e. The second kappa shape index (κ2) is 30.9. The van der Waals surface area contributed by atoms with Crippen LogP contribution < -0.4 is 54.4 Å². The van der Waals surface area contributed by atoms with Crippen molar-refractivity contribution in [3.8, 4) is 5.75 Å². The summed E-state index contributed by atoms with van der Waals surface area (Å²) in [6.45, 7) is 8.16. The SMILES string of the molecule is CC(C)C[C@H](NC(=O)[C@H](Cc1ccccc1)NC(=O)[C@@H]1CCCN1C(=O)[C@H](CC(C)C)NC(=O)[C@H](C)NC(=O)[C@H](CO)NC(=O)[C@@H](N)Cc1ccc(O)cc1)C(=O)N[C@@H](CCCCN)C(=O)N[C@@H](CC(N)=O)C(=O)O. The molecule has 1 saturated heterocycles. The Hall–Kier alpha value is -7.18. The number of hydrogen-bond acceptors (Lipinski definition) is 14. The molecule has 0 saturated carbocycles. The smallest absolute Gasteiger partial charge is 0.326 e. The van der Waals surface area contributed by atoms with E-state index in [1.807, 2.05) is 13.8 Å². The molecule has 75 heavy (non-hydrogen) atoms. The number of nitrogens with one attached hydrogen (secondary N) is 7. The van der Waals surface area contributed by atoms with Crippen molar-refractivity contribution in [2.75, 3.05) is 19.7 Å². The maximum atomic E-state index is 14.4. The number of primary amides is 1. The van der Waals surface area contributed by atoms with E-state index in [1.54, 1.807) is 56.3 Å². The Bertz CT molecular complexity index is 2270. The van der Waals surface area contributed by atoms with Crippen molar-refractivity contribution < 1.29 is 63.3 Å². The number of carboxylic acids is 1. The van der Waals surface area contributed by atoms with Gasteiger partial charge in [-0.05, 0) is 99.9 Å². The van der Waals surface area contributed by atoms with E-state index in [-0.39, 0.29) is 69.2 Å². The molecule has 9 atom stereocenters. The summed E-state index contributed by atoms with van der Waals surface area (Å²) in [6.07, 6.45) is 0.973. The normalized spacial score (nSPS) is 16.5. The number of aliphatic hydroxyl groups excluding tert-OH is 1. The van der Waals surface area contributed by atoms with Gasteiger partial charge in [0, 0.05) is 13.0 Å². The van der Waals surface area contributed by atoms with Crippen molar-refractivity contribution in [3.05, 3.63) is 65.7 Å².